The second kappa shape index (κ2) is 6.68. The van der Waals surface area contributed by atoms with Gasteiger partial charge in [-0.2, -0.15) is 5.26 Å². The van der Waals surface area contributed by atoms with E-state index in [1.807, 2.05) is 13.0 Å². The van der Waals surface area contributed by atoms with Gasteiger partial charge in [0.15, 0.2) is 0 Å². The number of unbranched alkanes of at least 4 members (excludes halogenated alkanes) is 1. The van der Waals surface area contributed by atoms with Gasteiger partial charge in [-0.25, -0.2) is 0 Å². The Labute approximate surface area is 80.9 Å². The molecule has 0 saturated carbocycles. The fraction of sp³-hybridized carbons (Fsp3) is 0.727. The second-order valence-electron chi connectivity index (χ2n) is 3.40. The Morgan fingerprint density at radius 1 is 1.54 bits per heavy atom. The number of aliphatic hydroxyl groups is 1. The fourth-order valence-corrected chi connectivity index (χ4v) is 1.47. The molecule has 0 spiro atoms. The van der Waals surface area contributed by atoms with Crippen molar-refractivity contribution in [2.24, 2.45) is 5.41 Å². The van der Waals surface area contributed by atoms with Gasteiger partial charge in [-0.15, -0.1) is 6.58 Å². The van der Waals surface area contributed by atoms with Crippen LogP contribution in [0.25, 0.3) is 0 Å². The van der Waals surface area contributed by atoms with Crippen LogP contribution in [-0.4, -0.2) is 11.7 Å². The van der Waals surface area contributed by atoms with Gasteiger partial charge in [0.05, 0.1) is 11.5 Å². The standard InChI is InChI=1S/C11H19NO/c1-3-5-6-7-11(4-2,10-12)8-9-13/h3,13H,1,4-9H2,2H3. The summed E-state index contributed by atoms with van der Waals surface area (Å²) < 4.78 is 0. The summed E-state index contributed by atoms with van der Waals surface area (Å²) in [7, 11) is 0. The number of hydrogen-bond donors (Lipinski definition) is 1. The van der Waals surface area contributed by atoms with Crippen molar-refractivity contribution >= 4 is 0 Å². The van der Waals surface area contributed by atoms with E-state index in [0.29, 0.717) is 6.42 Å². The van der Waals surface area contributed by atoms with Crippen LogP contribution in [0.1, 0.15) is 39.0 Å². The van der Waals surface area contributed by atoms with Crippen LogP contribution in [0.15, 0.2) is 12.7 Å². The van der Waals surface area contributed by atoms with Gasteiger partial charge in [-0.05, 0) is 32.1 Å². The van der Waals surface area contributed by atoms with Crippen LogP contribution < -0.4 is 0 Å². The van der Waals surface area contributed by atoms with E-state index in [4.69, 9.17) is 10.4 Å². The summed E-state index contributed by atoms with van der Waals surface area (Å²) in [5.41, 5.74) is -0.308. The summed E-state index contributed by atoms with van der Waals surface area (Å²) in [5, 5.41) is 17.9. The molecule has 0 aromatic carbocycles. The van der Waals surface area contributed by atoms with Gasteiger partial charge in [0, 0.05) is 6.61 Å². The number of nitriles is 1. The number of aliphatic hydroxyl groups excluding tert-OH is 1. The summed E-state index contributed by atoms with van der Waals surface area (Å²) >= 11 is 0. The monoisotopic (exact) mass is 181 g/mol. The molecule has 0 heterocycles. The van der Waals surface area contributed by atoms with E-state index in [-0.39, 0.29) is 12.0 Å². The van der Waals surface area contributed by atoms with E-state index < -0.39 is 0 Å². The molecule has 0 aromatic rings. The van der Waals surface area contributed by atoms with Crippen LogP contribution in [0, 0.1) is 16.7 Å². The minimum Gasteiger partial charge on any atom is -0.396 e. The lowest BCUT2D eigenvalue weighted by Gasteiger charge is -2.23. The molecule has 0 rings (SSSR count). The number of hydrogen-bond acceptors (Lipinski definition) is 2. The number of nitrogens with zero attached hydrogens (tertiary/aromatic N) is 1. The number of rotatable bonds is 7. The molecule has 2 nitrogen and oxygen atoms in total. The summed E-state index contributed by atoms with van der Waals surface area (Å²) in [6, 6.07) is 2.33. The zero-order valence-electron chi connectivity index (χ0n) is 8.42. The fourth-order valence-electron chi connectivity index (χ4n) is 1.47. The van der Waals surface area contributed by atoms with Crippen LogP contribution in [0.3, 0.4) is 0 Å². The highest BCUT2D eigenvalue weighted by atomic mass is 16.3. The molecule has 1 unspecified atom stereocenters. The zero-order chi connectivity index (χ0) is 10.2. The molecule has 1 N–H and O–H groups in total. The van der Waals surface area contributed by atoms with Crippen LogP contribution in [0.4, 0.5) is 0 Å². The lowest BCUT2D eigenvalue weighted by molar-refractivity contribution is 0.208. The minimum absolute atomic E-state index is 0.107. The highest BCUT2D eigenvalue weighted by molar-refractivity contribution is 4.97. The normalized spacial score (nSPS) is 14.5. The summed E-state index contributed by atoms with van der Waals surface area (Å²) in [4.78, 5) is 0. The lowest BCUT2D eigenvalue weighted by Crippen LogP contribution is -2.19. The summed E-state index contributed by atoms with van der Waals surface area (Å²) in [6.07, 6.45) is 6.10. The van der Waals surface area contributed by atoms with Gasteiger partial charge < -0.3 is 5.11 Å². The third-order valence-corrected chi connectivity index (χ3v) is 2.57. The molecule has 0 amide bonds. The molecule has 0 aromatic heterocycles. The zero-order valence-corrected chi connectivity index (χ0v) is 8.42. The molecule has 0 bridgehead atoms. The molecule has 2 heteroatoms. The Balaban J connectivity index is 4.06. The van der Waals surface area contributed by atoms with E-state index in [1.165, 1.54) is 0 Å². The molecule has 13 heavy (non-hydrogen) atoms. The van der Waals surface area contributed by atoms with E-state index in [9.17, 15) is 0 Å². The first kappa shape index (κ1) is 12.2. The largest absolute Gasteiger partial charge is 0.396 e. The molecule has 1 atom stereocenters. The lowest BCUT2D eigenvalue weighted by atomic mass is 9.79. The number of allylic oxidation sites excluding steroid dienone is 1. The first-order chi connectivity index (χ1) is 6.24. The Bertz CT molecular complexity index is 183. The van der Waals surface area contributed by atoms with Crippen molar-refractivity contribution in [1.29, 1.82) is 5.26 Å². The molecule has 74 valence electrons. The van der Waals surface area contributed by atoms with Crippen LogP contribution in [0.2, 0.25) is 0 Å². The van der Waals surface area contributed by atoms with Crippen molar-refractivity contribution in [1.82, 2.24) is 0 Å². The first-order valence-electron chi connectivity index (χ1n) is 4.87. The van der Waals surface area contributed by atoms with Gasteiger partial charge in [-0.1, -0.05) is 13.0 Å². The molecule has 0 radical (unpaired) electrons. The van der Waals surface area contributed by atoms with Gasteiger partial charge >= 0.3 is 0 Å². The average Bonchev–Trinajstić information content (AvgIpc) is 2.17. The van der Waals surface area contributed by atoms with Gasteiger partial charge in [-0.3, -0.25) is 0 Å². The highest BCUT2D eigenvalue weighted by Crippen LogP contribution is 2.31. The maximum absolute atomic E-state index is 9.02. The minimum atomic E-state index is -0.308. The molecule has 0 aliphatic rings. The molecule has 0 aliphatic carbocycles. The molecular weight excluding hydrogens is 162 g/mol. The maximum atomic E-state index is 9.02. The van der Waals surface area contributed by atoms with Crippen molar-refractivity contribution in [2.45, 2.75) is 39.0 Å². The van der Waals surface area contributed by atoms with Crippen molar-refractivity contribution < 1.29 is 5.11 Å². The van der Waals surface area contributed by atoms with Crippen LogP contribution in [0.5, 0.6) is 0 Å². The second-order valence-corrected chi connectivity index (χ2v) is 3.40. The topological polar surface area (TPSA) is 44.0 Å². The van der Waals surface area contributed by atoms with Gasteiger partial charge in [0.25, 0.3) is 0 Å². The summed E-state index contributed by atoms with van der Waals surface area (Å²) in [5.74, 6) is 0. The van der Waals surface area contributed by atoms with Gasteiger partial charge in [0.1, 0.15) is 0 Å². The van der Waals surface area contributed by atoms with E-state index >= 15 is 0 Å². The van der Waals surface area contributed by atoms with E-state index in [0.717, 1.165) is 25.7 Å². The van der Waals surface area contributed by atoms with E-state index in [2.05, 4.69) is 12.6 Å². The Morgan fingerprint density at radius 3 is 2.62 bits per heavy atom. The van der Waals surface area contributed by atoms with E-state index in [1.54, 1.807) is 0 Å². The highest BCUT2D eigenvalue weighted by Gasteiger charge is 2.26. The van der Waals surface area contributed by atoms with Crippen LogP contribution >= 0.6 is 0 Å². The average molecular weight is 181 g/mol. The third kappa shape index (κ3) is 4.10. The summed E-state index contributed by atoms with van der Waals surface area (Å²) in [6.45, 7) is 5.76. The third-order valence-electron chi connectivity index (χ3n) is 2.57. The smallest absolute Gasteiger partial charge is 0.0690 e. The molecule has 0 fully saturated rings. The molecular formula is C11H19NO. The maximum Gasteiger partial charge on any atom is 0.0690 e. The first-order valence-corrected chi connectivity index (χ1v) is 4.87. The SMILES string of the molecule is C=CCCCC(C#N)(CC)CCO. The molecule has 0 saturated heterocycles. The quantitative estimate of drug-likeness (QED) is 0.484. The van der Waals surface area contributed by atoms with Crippen molar-refractivity contribution in [2.75, 3.05) is 6.61 Å². The van der Waals surface area contributed by atoms with Crippen LogP contribution in [-0.2, 0) is 0 Å². The van der Waals surface area contributed by atoms with Crippen molar-refractivity contribution in [3.63, 3.8) is 0 Å². The Morgan fingerprint density at radius 2 is 2.23 bits per heavy atom. The van der Waals surface area contributed by atoms with Crippen molar-refractivity contribution in [3.8, 4) is 6.07 Å². The molecule has 0 aliphatic heterocycles. The predicted molar refractivity (Wildman–Crippen MR) is 54.1 cm³/mol. The predicted octanol–water partition coefficient (Wildman–Crippen LogP) is 2.65. The Kier molecular flexibility index (Phi) is 6.26. The van der Waals surface area contributed by atoms with Crippen molar-refractivity contribution in [3.05, 3.63) is 12.7 Å². The Hall–Kier alpha value is -0.810. The van der Waals surface area contributed by atoms with Gasteiger partial charge in [0.2, 0.25) is 0 Å².